The smallest absolute Gasteiger partial charge is 0.251 e. The molecule has 1 aliphatic rings. The van der Waals surface area contributed by atoms with Crippen LogP contribution in [0.2, 0.25) is 0 Å². The zero-order chi connectivity index (χ0) is 20.1. The third kappa shape index (κ3) is 4.69. The average Bonchev–Trinajstić information content (AvgIpc) is 2.74. The van der Waals surface area contributed by atoms with Gasteiger partial charge in [0.1, 0.15) is 24.6 Å². The molecule has 0 bridgehead atoms. The van der Waals surface area contributed by atoms with Gasteiger partial charge in [-0.25, -0.2) is 0 Å². The van der Waals surface area contributed by atoms with E-state index < -0.39 is 24.4 Å². The van der Waals surface area contributed by atoms with Crippen LogP contribution < -0.4 is 10.1 Å². The van der Waals surface area contributed by atoms with Crippen molar-refractivity contribution < 1.29 is 29.6 Å². The predicted octanol–water partition coefficient (Wildman–Crippen LogP) is 1.17. The second kappa shape index (κ2) is 9.16. The number of carbonyl (C=O) groups is 1. The second-order valence-electron chi connectivity index (χ2n) is 6.79. The Bertz CT molecular complexity index is 794. The lowest BCUT2D eigenvalue weighted by Gasteiger charge is -2.36. The number of ether oxygens (including phenoxy) is 2. The van der Waals surface area contributed by atoms with Crippen molar-refractivity contribution in [3.8, 4) is 5.75 Å². The van der Waals surface area contributed by atoms with E-state index >= 15 is 0 Å². The molecule has 0 spiro atoms. The molecule has 1 amide bonds. The average molecular weight is 387 g/mol. The van der Waals surface area contributed by atoms with E-state index in [0.29, 0.717) is 23.5 Å². The maximum absolute atomic E-state index is 11.6. The van der Waals surface area contributed by atoms with Crippen LogP contribution in [0.1, 0.15) is 34.0 Å². The minimum Gasteiger partial charge on any atom is -0.489 e. The van der Waals surface area contributed by atoms with E-state index in [2.05, 4.69) is 5.32 Å². The third-order valence-electron chi connectivity index (χ3n) is 4.79. The summed E-state index contributed by atoms with van der Waals surface area (Å²) in [5.74, 6) is 0.443. The minimum absolute atomic E-state index is 0.144. The first-order chi connectivity index (χ1) is 13.5. The van der Waals surface area contributed by atoms with Gasteiger partial charge in [-0.15, -0.1) is 0 Å². The van der Waals surface area contributed by atoms with E-state index in [9.17, 15) is 20.1 Å². The Hall–Kier alpha value is -2.45. The molecule has 0 aromatic heterocycles. The van der Waals surface area contributed by atoms with Gasteiger partial charge in [-0.05, 0) is 35.4 Å². The van der Waals surface area contributed by atoms with Crippen molar-refractivity contribution >= 4 is 5.91 Å². The third-order valence-corrected chi connectivity index (χ3v) is 4.79. The summed E-state index contributed by atoms with van der Waals surface area (Å²) in [6, 6.07) is 14.2. The first kappa shape index (κ1) is 20.3. The van der Waals surface area contributed by atoms with E-state index in [1.54, 1.807) is 43.4 Å². The van der Waals surface area contributed by atoms with Crippen LogP contribution in [-0.2, 0) is 11.3 Å². The highest BCUT2D eigenvalue weighted by Gasteiger charge is 2.37. The predicted molar refractivity (Wildman–Crippen MR) is 102 cm³/mol. The Morgan fingerprint density at radius 2 is 1.96 bits per heavy atom. The zero-order valence-corrected chi connectivity index (χ0v) is 15.6. The van der Waals surface area contributed by atoms with E-state index in [1.165, 1.54) is 0 Å². The van der Waals surface area contributed by atoms with Gasteiger partial charge in [-0.3, -0.25) is 4.79 Å². The molecule has 0 radical (unpaired) electrons. The van der Waals surface area contributed by atoms with Gasteiger partial charge < -0.3 is 30.1 Å². The summed E-state index contributed by atoms with van der Waals surface area (Å²) >= 11 is 0. The highest BCUT2D eigenvalue weighted by atomic mass is 16.5. The number of hydrogen-bond acceptors (Lipinski definition) is 6. The first-order valence-electron chi connectivity index (χ1n) is 9.18. The Morgan fingerprint density at radius 3 is 2.64 bits per heavy atom. The van der Waals surface area contributed by atoms with Gasteiger partial charge in [-0.1, -0.05) is 24.3 Å². The molecule has 4 N–H and O–H groups in total. The number of rotatable bonds is 6. The van der Waals surface area contributed by atoms with Crippen molar-refractivity contribution in [1.82, 2.24) is 5.32 Å². The van der Waals surface area contributed by atoms with Gasteiger partial charge in [0.15, 0.2) is 0 Å². The summed E-state index contributed by atoms with van der Waals surface area (Å²) in [5.41, 5.74) is 2.15. The van der Waals surface area contributed by atoms with Gasteiger partial charge in [0.05, 0.1) is 18.8 Å². The van der Waals surface area contributed by atoms with E-state index in [-0.39, 0.29) is 18.9 Å². The van der Waals surface area contributed by atoms with Gasteiger partial charge in [0.25, 0.3) is 5.91 Å². The fraction of sp³-hybridized carbons (Fsp3) is 0.381. The number of nitrogens with one attached hydrogen (secondary N) is 1. The summed E-state index contributed by atoms with van der Waals surface area (Å²) in [6.45, 7) is 0.0932. The Balaban J connectivity index is 1.67. The van der Waals surface area contributed by atoms with Crippen molar-refractivity contribution in [1.29, 1.82) is 0 Å². The van der Waals surface area contributed by atoms with Crippen LogP contribution in [0.15, 0.2) is 48.5 Å². The van der Waals surface area contributed by atoms with Crippen LogP contribution in [0.5, 0.6) is 5.75 Å². The Morgan fingerprint density at radius 1 is 1.21 bits per heavy atom. The summed E-state index contributed by atoms with van der Waals surface area (Å²) in [6.07, 6.45) is -3.10. The molecule has 1 aliphatic heterocycles. The number of carbonyl (C=O) groups excluding carboxylic acids is 1. The topological polar surface area (TPSA) is 108 Å². The molecule has 4 atom stereocenters. The fourth-order valence-electron chi connectivity index (χ4n) is 3.19. The summed E-state index contributed by atoms with van der Waals surface area (Å²) in [4.78, 5) is 11.6. The number of aliphatic hydroxyl groups is 3. The van der Waals surface area contributed by atoms with Gasteiger partial charge >= 0.3 is 0 Å². The highest BCUT2D eigenvalue weighted by Crippen LogP contribution is 2.33. The summed E-state index contributed by atoms with van der Waals surface area (Å²) in [7, 11) is 1.58. The monoisotopic (exact) mass is 387 g/mol. The Labute approximate surface area is 163 Å². The molecule has 1 saturated heterocycles. The number of amides is 1. The molecule has 3 rings (SSSR count). The van der Waals surface area contributed by atoms with Crippen LogP contribution in [-0.4, -0.2) is 53.2 Å². The number of aliphatic hydroxyl groups excluding tert-OH is 3. The zero-order valence-electron chi connectivity index (χ0n) is 15.6. The van der Waals surface area contributed by atoms with E-state index in [0.717, 1.165) is 5.56 Å². The van der Waals surface area contributed by atoms with Crippen molar-refractivity contribution in [3.63, 3.8) is 0 Å². The van der Waals surface area contributed by atoms with Crippen LogP contribution in [0.25, 0.3) is 0 Å². The van der Waals surface area contributed by atoms with E-state index in [1.807, 2.05) is 12.1 Å². The van der Waals surface area contributed by atoms with Crippen molar-refractivity contribution in [2.75, 3.05) is 13.7 Å². The van der Waals surface area contributed by atoms with Crippen molar-refractivity contribution in [3.05, 3.63) is 65.2 Å². The first-order valence-corrected chi connectivity index (χ1v) is 9.18. The van der Waals surface area contributed by atoms with Gasteiger partial charge in [0.2, 0.25) is 0 Å². The van der Waals surface area contributed by atoms with Crippen LogP contribution >= 0.6 is 0 Å². The molecule has 1 heterocycles. The molecular formula is C21H25NO6. The lowest BCUT2D eigenvalue weighted by atomic mass is 9.93. The van der Waals surface area contributed by atoms with E-state index in [4.69, 9.17) is 9.47 Å². The van der Waals surface area contributed by atoms with Crippen LogP contribution in [0, 0.1) is 0 Å². The van der Waals surface area contributed by atoms with Crippen molar-refractivity contribution in [2.24, 2.45) is 0 Å². The molecule has 1 fully saturated rings. The Kier molecular flexibility index (Phi) is 6.64. The quantitative estimate of drug-likeness (QED) is 0.593. The molecule has 2 aromatic carbocycles. The number of benzene rings is 2. The molecule has 0 saturated carbocycles. The van der Waals surface area contributed by atoms with Crippen molar-refractivity contribution in [2.45, 2.75) is 37.4 Å². The standard InChI is InChI=1S/C21H25NO6/c1-22-21(26)14-7-5-13(6-8-14)12-27-16-4-2-3-15(9-16)20-19(25)18(24)10-17(11-23)28-20/h2-9,17-20,23-25H,10-12H2,1H3,(H,22,26)/t17?,18?,19?,20-/m1/s1. The van der Waals surface area contributed by atoms with Crippen LogP contribution in [0.4, 0.5) is 0 Å². The maximum atomic E-state index is 11.6. The summed E-state index contributed by atoms with van der Waals surface area (Å²) in [5, 5.41) is 32.2. The second-order valence-corrected chi connectivity index (χ2v) is 6.79. The minimum atomic E-state index is -1.07. The molecule has 7 heteroatoms. The van der Waals surface area contributed by atoms with Gasteiger partial charge in [-0.2, -0.15) is 0 Å². The normalized spacial score (nSPS) is 24.6. The maximum Gasteiger partial charge on any atom is 0.251 e. The molecular weight excluding hydrogens is 362 g/mol. The van der Waals surface area contributed by atoms with Crippen LogP contribution in [0.3, 0.4) is 0 Å². The largest absolute Gasteiger partial charge is 0.489 e. The fourth-order valence-corrected chi connectivity index (χ4v) is 3.19. The lowest BCUT2D eigenvalue weighted by molar-refractivity contribution is -0.179. The summed E-state index contributed by atoms with van der Waals surface area (Å²) < 4.78 is 11.5. The lowest BCUT2D eigenvalue weighted by Crippen LogP contribution is -2.44. The molecule has 150 valence electrons. The molecule has 2 aromatic rings. The van der Waals surface area contributed by atoms with Gasteiger partial charge in [0, 0.05) is 19.0 Å². The molecule has 7 nitrogen and oxygen atoms in total. The number of hydrogen-bond donors (Lipinski definition) is 4. The SMILES string of the molecule is CNC(=O)c1ccc(COc2cccc([C@H]3OC(CO)CC(O)C3O)c2)cc1. The molecule has 0 aliphatic carbocycles. The highest BCUT2D eigenvalue weighted by molar-refractivity contribution is 5.93. The molecule has 28 heavy (non-hydrogen) atoms. The molecule has 3 unspecified atom stereocenters.